The number of amides is 2. The monoisotopic (exact) mass is 445 g/mol. The molecule has 2 aromatic rings. The Balaban J connectivity index is 1.96. The molecule has 3 N–H and O–H groups in total. The quantitative estimate of drug-likeness (QED) is 0.361. The second-order valence-corrected chi connectivity index (χ2v) is 6.68. The average Bonchev–Trinajstić information content (AvgIpc) is 2.77. The van der Waals surface area contributed by atoms with Gasteiger partial charge in [0, 0.05) is 25.8 Å². The van der Waals surface area contributed by atoms with Gasteiger partial charge in [0.15, 0.2) is 5.11 Å². The summed E-state index contributed by atoms with van der Waals surface area (Å²) in [5.41, 5.74) is 1.28. The minimum atomic E-state index is -0.394. The normalized spacial score (nSPS) is 10.3. The van der Waals surface area contributed by atoms with Gasteiger partial charge < -0.3 is 24.8 Å². The summed E-state index contributed by atoms with van der Waals surface area (Å²) in [7, 11) is 1.56. The number of hydrogen-bond donors (Lipinski definition) is 3. The molecule has 9 heteroatoms. The highest BCUT2D eigenvalue weighted by molar-refractivity contribution is 7.80. The van der Waals surface area contributed by atoms with Gasteiger partial charge in [0.25, 0.3) is 11.8 Å². The van der Waals surface area contributed by atoms with E-state index in [9.17, 15) is 9.59 Å². The van der Waals surface area contributed by atoms with E-state index < -0.39 is 5.91 Å². The van der Waals surface area contributed by atoms with E-state index >= 15 is 0 Å². The van der Waals surface area contributed by atoms with Crippen molar-refractivity contribution in [3.8, 4) is 5.75 Å². The summed E-state index contributed by atoms with van der Waals surface area (Å²) >= 11 is 5.25. The van der Waals surface area contributed by atoms with Crippen molar-refractivity contribution in [1.29, 1.82) is 0 Å². The summed E-state index contributed by atoms with van der Waals surface area (Å²) < 4.78 is 15.7. The highest BCUT2D eigenvalue weighted by Gasteiger charge is 2.13. The van der Waals surface area contributed by atoms with Gasteiger partial charge in [-0.15, -0.1) is 0 Å². The molecule has 2 rings (SSSR count). The second-order valence-electron chi connectivity index (χ2n) is 6.28. The van der Waals surface area contributed by atoms with Crippen molar-refractivity contribution in [2.75, 3.05) is 45.4 Å². The van der Waals surface area contributed by atoms with E-state index in [4.69, 9.17) is 26.4 Å². The van der Waals surface area contributed by atoms with Crippen LogP contribution in [0.5, 0.6) is 5.75 Å². The Morgan fingerprint density at radius 2 is 1.81 bits per heavy atom. The lowest BCUT2D eigenvalue weighted by molar-refractivity contribution is 0.0936. The molecule has 31 heavy (non-hydrogen) atoms. The molecular formula is C22H27N3O5S. The first-order valence-electron chi connectivity index (χ1n) is 9.84. The lowest BCUT2D eigenvalue weighted by atomic mass is 10.1. The molecule has 166 valence electrons. The second kappa shape index (κ2) is 13.3. The molecular weight excluding hydrogens is 418 g/mol. The van der Waals surface area contributed by atoms with Crippen LogP contribution in [0.2, 0.25) is 0 Å². The number of rotatable bonds is 11. The maximum Gasteiger partial charge on any atom is 0.257 e. The highest BCUT2D eigenvalue weighted by Crippen LogP contribution is 2.16. The van der Waals surface area contributed by atoms with Crippen LogP contribution in [0.15, 0.2) is 48.5 Å². The van der Waals surface area contributed by atoms with Gasteiger partial charge in [-0.05, 0) is 49.5 Å². The van der Waals surface area contributed by atoms with Crippen molar-refractivity contribution in [2.24, 2.45) is 0 Å². The van der Waals surface area contributed by atoms with Crippen LogP contribution in [0, 0.1) is 0 Å². The molecule has 2 aromatic carbocycles. The van der Waals surface area contributed by atoms with Gasteiger partial charge in [-0.3, -0.25) is 14.9 Å². The predicted molar refractivity (Wildman–Crippen MR) is 123 cm³/mol. The standard InChI is InChI=1S/C22H27N3O5S/c1-3-29-13-14-30-17-8-6-7-16(15-17)20(26)25-22(31)24-19-10-5-4-9-18(19)21(27)23-11-12-28-2/h4-10,15H,3,11-14H2,1-2H3,(H,23,27)(H2,24,25,26,31). The van der Waals surface area contributed by atoms with Crippen LogP contribution >= 0.6 is 12.2 Å². The topological polar surface area (TPSA) is 97.9 Å². The number of para-hydroxylation sites is 1. The summed E-state index contributed by atoms with van der Waals surface area (Å²) in [6, 6.07) is 13.6. The van der Waals surface area contributed by atoms with Gasteiger partial charge in [-0.25, -0.2) is 0 Å². The van der Waals surface area contributed by atoms with E-state index in [0.29, 0.717) is 55.5 Å². The molecule has 0 radical (unpaired) electrons. The van der Waals surface area contributed by atoms with E-state index in [1.165, 1.54) is 0 Å². The summed E-state index contributed by atoms with van der Waals surface area (Å²) in [5, 5.41) is 8.35. The Morgan fingerprint density at radius 3 is 2.58 bits per heavy atom. The van der Waals surface area contributed by atoms with Crippen LogP contribution in [0.1, 0.15) is 27.6 Å². The van der Waals surface area contributed by atoms with Gasteiger partial charge >= 0.3 is 0 Å². The fraction of sp³-hybridized carbons (Fsp3) is 0.318. The molecule has 0 aliphatic heterocycles. The Morgan fingerprint density at radius 1 is 1.00 bits per heavy atom. The van der Waals surface area contributed by atoms with Gasteiger partial charge in [0.2, 0.25) is 0 Å². The Hall–Kier alpha value is -3.01. The van der Waals surface area contributed by atoms with Crippen LogP contribution in [-0.2, 0) is 9.47 Å². The molecule has 0 saturated carbocycles. The lowest BCUT2D eigenvalue weighted by Crippen LogP contribution is -2.35. The van der Waals surface area contributed by atoms with Crippen molar-refractivity contribution < 1.29 is 23.8 Å². The zero-order valence-corrected chi connectivity index (χ0v) is 18.4. The fourth-order valence-electron chi connectivity index (χ4n) is 2.57. The fourth-order valence-corrected chi connectivity index (χ4v) is 2.77. The first-order chi connectivity index (χ1) is 15.0. The molecule has 0 aromatic heterocycles. The van der Waals surface area contributed by atoms with Gasteiger partial charge in [-0.1, -0.05) is 18.2 Å². The van der Waals surface area contributed by atoms with E-state index in [2.05, 4.69) is 16.0 Å². The molecule has 0 fully saturated rings. The number of methoxy groups -OCH3 is 1. The Labute approximate surface area is 187 Å². The van der Waals surface area contributed by atoms with Crippen LogP contribution in [0.25, 0.3) is 0 Å². The zero-order chi connectivity index (χ0) is 22.5. The minimum absolute atomic E-state index is 0.0739. The third-order valence-electron chi connectivity index (χ3n) is 4.04. The third-order valence-corrected chi connectivity index (χ3v) is 4.24. The molecule has 2 amide bonds. The van der Waals surface area contributed by atoms with Gasteiger partial charge in [0.05, 0.1) is 24.5 Å². The van der Waals surface area contributed by atoms with Gasteiger partial charge in [0.1, 0.15) is 12.4 Å². The minimum Gasteiger partial charge on any atom is -0.491 e. The molecule has 0 aliphatic carbocycles. The lowest BCUT2D eigenvalue weighted by Gasteiger charge is -2.14. The van der Waals surface area contributed by atoms with E-state index in [1.807, 2.05) is 6.92 Å². The molecule has 0 aliphatic rings. The number of benzene rings is 2. The van der Waals surface area contributed by atoms with E-state index in [0.717, 1.165) is 0 Å². The molecule has 8 nitrogen and oxygen atoms in total. The summed E-state index contributed by atoms with van der Waals surface area (Å²) in [6.07, 6.45) is 0. The average molecular weight is 446 g/mol. The smallest absolute Gasteiger partial charge is 0.257 e. The van der Waals surface area contributed by atoms with Crippen molar-refractivity contribution in [3.05, 3.63) is 59.7 Å². The molecule has 0 bridgehead atoms. The summed E-state index contributed by atoms with van der Waals surface area (Å²) in [6.45, 7) is 4.18. The molecule has 0 atom stereocenters. The number of nitrogens with one attached hydrogen (secondary N) is 3. The molecule has 0 unspecified atom stereocenters. The first kappa shape index (κ1) is 24.3. The number of carbonyl (C=O) groups excluding carboxylic acids is 2. The number of hydrogen-bond acceptors (Lipinski definition) is 6. The Kier molecular flexibility index (Phi) is 10.4. The number of thiocarbonyl (C=S) groups is 1. The van der Waals surface area contributed by atoms with Crippen molar-refractivity contribution in [3.63, 3.8) is 0 Å². The number of anilines is 1. The molecule has 0 heterocycles. The van der Waals surface area contributed by atoms with E-state index in [1.54, 1.807) is 55.6 Å². The Bertz CT molecular complexity index is 891. The zero-order valence-electron chi connectivity index (χ0n) is 17.6. The first-order valence-corrected chi connectivity index (χ1v) is 10.2. The van der Waals surface area contributed by atoms with Crippen LogP contribution < -0.4 is 20.7 Å². The summed E-state index contributed by atoms with van der Waals surface area (Å²) in [5.74, 6) is -0.106. The molecule has 0 saturated heterocycles. The van der Waals surface area contributed by atoms with Crippen LogP contribution in [0.3, 0.4) is 0 Å². The maximum atomic E-state index is 12.6. The maximum absolute atomic E-state index is 12.6. The van der Waals surface area contributed by atoms with E-state index in [-0.39, 0.29) is 11.0 Å². The summed E-state index contributed by atoms with van der Waals surface area (Å²) in [4.78, 5) is 24.9. The molecule has 0 spiro atoms. The SMILES string of the molecule is CCOCCOc1cccc(C(=O)NC(=S)Nc2ccccc2C(=O)NCCOC)c1. The van der Waals surface area contributed by atoms with Crippen molar-refractivity contribution >= 4 is 34.8 Å². The van der Waals surface area contributed by atoms with Crippen molar-refractivity contribution in [2.45, 2.75) is 6.92 Å². The highest BCUT2D eigenvalue weighted by atomic mass is 32.1. The van der Waals surface area contributed by atoms with Crippen molar-refractivity contribution in [1.82, 2.24) is 10.6 Å². The number of ether oxygens (including phenoxy) is 3. The largest absolute Gasteiger partial charge is 0.491 e. The van der Waals surface area contributed by atoms with Gasteiger partial charge in [-0.2, -0.15) is 0 Å². The predicted octanol–water partition coefficient (Wildman–Crippen LogP) is 2.60. The van der Waals surface area contributed by atoms with Crippen LogP contribution in [-0.4, -0.2) is 57.0 Å². The van der Waals surface area contributed by atoms with Crippen LogP contribution in [0.4, 0.5) is 5.69 Å². The third kappa shape index (κ3) is 8.33. The number of carbonyl (C=O) groups is 2.